The first-order valence-electron chi connectivity index (χ1n) is 5.85. The molecule has 0 bridgehead atoms. The predicted octanol–water partition coefficient (Wildman–Crippen LogP) is 2.08. The van der Waals surface area contributed by atoms with E-state index in [1.54, 1.807) is 12.1 Å². The Balaban J connectivity index is 2.27. The van der Waals surface area contributed by atoms with E-state index in [0.29, 0.717) is 12.1 Å². The molecule has 0 spiro atoms. The van der Waals surface area contributed by atoms with Crippen LogP contribution in [-0.2, 0) is 11.2 Å². The van der Waals surface area contributed by atoms with E-state index < -0.39 is 0 Å². The predicted molar refractivity (Wildman–Crippen MR) is 72.9 cm³/mol. The highest BCUT2D eigenvalue weighted by Crippen LogP contribution is 2.22. The molecule has 92 valence electrons. The summed E-state index contributed by atoms with van der Waals surface area (Å²) in [5.41, 5.74) is 13.8. The van der Waals surface area contributed by atoms with E-state index in [2.05, 4.69) is 0 Å². The Hall–Kier alpha value is -2.29. The fourth-order valence-electron chi connectivity index (χ4n) is 2.01. The summed E-state index contributed by atoms with van der Waals surface area (Å²) in [5, 5.41) is 0. The molecular weight excluding hydrogens is 224 g/mol. The van der Waals surface area contributed by atoms with Crippen molar-refractivity contribution in [1.29, 1.82) is 0 Å². The molecule has 1 unspecified atom stereocenters. The maximum atomic E-state index is 11.6. The number of hydrogen-bond acceptors (Lipinski definition) is 2. The number of nitrogen functional groups attached to an aromatic ring is 1. The third-order valence-corrected chi connectivity index (χ3v) is 2.94. The zero-order valence-corrected chi connectivity index (χ0v) is 10.0. The molecule has 0 aliphatic heterocycles. The molecule has 0 saturated carbocycles. The van der Waals surface area contributed by atoms with Crippen molar-refractivity contribution in [1.82, 2.24) is 0 Å². The zero-order valence-electron chi connectivity index (χ0n) is 10.0. The Labute approximate surface area is 106 Å². The van der Waals surface area contributed by atoms with Crippen molar-refractivity contribution < 1.29 is 4.79 Å². The van der Waals surface area contributed by atoms with Gasteiger partial charge in [0.05, 0.1) is 5.92 Å². The lowest BCUT2D eigenvalue weighted by Gasteiger charge is -2.14. The monoisotopic (exact) mass is 240 g/mol. The van der Waals surface area contributed by atoms with E-state index >= 15 is 0 Å². The lowest BCUT2D eigenvalue weighted by Crippen LogP contribution is -2.23. The zero-order chi connectivity index (χ0) is 13.0. The van der Waals surface area contributed by atoms with Gasteiger partial charge in [-0.1, -0.05) is 42.5 Å². The molecule has 3 heteroatoms. The van der Waals surface area contributed by atoms with Gasteiger partial charge in [-0.2, -0.15) is 0 Å². The van der Waals surface area contributed by atoms with Crippen LogP contribution < -0.4 is 11.5 Å². The van der Waals surface area contributed by atoms with E-state index in [1.165, 1.54) is 0 Å². The summed E-state index contributed by atoms with van der Waals surface area (Å²) in [7, 11) is 0. The van der Waals surface area contributed by atoms with Crippen LogP contribution in [0.5, 0.6) is 0 Å². The maximum absolute atomic E-state index is 11.6. The van der Waals surface area contributed by atoms with Crippen molar-refractivity contribution in [2.75, 3.05) is 5.73 Å². The third-order valence-electron chi connectivity index (χ3n) is 2.94. The fraction of sp³-hybridized carbons (Fsp3) is 0.133. The summed E-state index contributed by atoms with van der Waals surface area (Å²) in [6.07, 6.45) is 0.597. The minimum atomic E-state index is -0.337. The Morgan fingerprint density at radius 3 is 2.39 bits per heavy atom. The molecule has 2 aromatic carbocycles. The molecule has 18 heavy (non-hydrogen) atoms. The van der Waals surface area contributed by atoms with Crippen LogP contribution in [0.25, 0.3) is 0 Å². The third kappa shape index (κ3) is 2.88. The Kier molecular flexibility index (Phi) is 3.63. The van der Waals surface area contributed by atoms with Gasteiger partial charge in [-0.15, -0.1) is 0 Å². The molecular formula is C15H16N2O. The van der Waals surface area contributed by atoms with Gasteiger partial charge < -0.3 is 11.5 Å². The first-order valence-corrected chi connectivity index (χ1v) is 5.85. The Morgan fingerprint density at radius 2 is 1.78 bits per heavy atom. The van der Waals surface area contributed by atoms with E-state index in [0.717, 1.165) is 11.1 Å². The molecule has 0 fully saturated rings. The second kappa shape index (κ2) is 5.36. The normalized spacial score (nSPS) is 12.0. The highest BCUT2D eigenvalue weighted by atomic mass is 16.1. The van der Waals surface area contributed by atoms with Crippen molar-refractivity contribution >= 4 is 11.6 Å². The molecule has 0 heterocycles. The van der Waals surface area contributed by atoms with Crippen LogP contribution in [0.2, 0.25) is 0 Å². The van der Waals surface area contributed by atoms with Gasteiger partial charge in [0.15, 0.2) is 0 Å². The molecule has 0 aromatic heterocycles. The van der Waals surface area contributed by atoms with Crippen LogP contribution in [-0.4, -0.2) is 5.91 Å². The van der Waals surface area contributed by atoms with Gasteiger partial charge in [0.2, 0.25) is 5.91 Å². The number of benzene rings is 2. The molecule has 0 aliphatic carbocycles. The highest BCUT2D eigenvalue weighted by molar-refractivity contribution is 5.82. The molecule has 2 aromatic rings. The topological polar surface area (TPSA) is 69.1 Å². The molecule has 3 nitrogen and oxygen atoms in total. The van der Waals surface area contributed by atoms with Crippen LogP contribution in [0.3, 0.4) is 0 Å². The van der Waals surface area contributed by atoms with Crippen molar-refractivity contribution in [3.05, 3.63) is 65.7 Å². The van der Waals surface area contributed by atoms with Crippen LogP contribution in [0, 0.1) is 0 Å². The minimum absolute atomic E-state index is 0.329. The minimum Gasteiger partial charge on any atom is -0.399 e. The quantitative estimate of drug-likeness (QED) is 0.803. The largest absolute Gasteiger partial charge is 0.399 e. The first kappa shape index (κ1) is 12.2. The molecule has 2 rings (SSSR count). The number of carbonyl (C=O) groups is 1. The van der Waals surface area contributed by atoms with Crippen molar-refractivity contribution in [2.45, 2.75) is 12.3 Å². The Morgan fingerprint density at radius 1 is 1.06 bits per heavy atom. The number of carbonyl (C=O) groups excluding carboxylic acids is 1. The summed E-state index contributed by atoms with van der Waals surface area (Å²) in [5.74, 6) is -0.666. The van der Waals surface area contributed by atoms with Gasteiger partial charge in [0, 0.05) is 5.69 Å². The number of hydrogen-bond donors (Lipinski definition) is 2. The van der Waals surface area contributed by atoms with Crippen LogP contribution >= 0.6 is 0 Å². The van der Waals surface area contributed by atoms with E-state index in [1.807, 2.05) is 42.5 Å². The molecule has 1 amide bonds. The van der Waals surface area contributed by atoms with Crippen LogP contribution in [0.15, 0.2) is 54.6 Å². The van der Waals surface area contributed by atoms with Gasteiger partial charge in [-0.05, 0) is 29.7 Å². The number of amides is 1. The lowest BCUT2D eigenvalue weighted by atomic mass is 9.91. The summed E-state index contributed by atoms with van der Waals surface area (Å²) < 4.78 is 0. The fourth-order valence-corrected chi connectivity index (χ4v) is 2.01. The summed E-state index contributed by atoms with van der Waals surface area (Å²) in [4.78, 5) is 11.6. The summed E-state index contributed by atoms with van der Waals surface area (Å²) in [6, 6.07) is 17.1. The molecule has 4 N–H and O–H groups in total. The van der Waals surface area contributed by atoms with Gasteiger partial charge >= 0.3 is 0 Å². The molecule has 1 atom stereocenters. The standard InChI is InChI=1S/C15H16N2O/c16-13-8-4-7-12(10-13)14(15(17)18)9-11-5-2-1-3-6-11/h1-8,10,14H,9,16H2,(H2,17,18). The summed E-state index contributed by atoms with van der Waals surface area (Å²) >= 11 is 0. The highest BCUT2D eigenvalue weighted by Gasteiger charge is 2.18. The van der Waals surface area contributed by atoms with E-state index in [4.69, 9.17) is 11.5 Å². The van der Waals surface area contributed by atoms with Crippen molar-refractivity contribution in [3.8, 4) is 0 Å². The van der Waals surface area contributed by atoms with Gasteiger partial charge in [0.1, 0.15) is 0 Å². The van der Waals surface area contributed by atoms with Crippen molar-refractivity contribution in [3.63, 3.8) is 0 Å². The maximum Gasteiger partial charge on any atom is 0.225 e. The average Bonchev–Trinajstić information content (AvgIpc) is 2.37. The number of nitrogens with two attached hydrogens (primary N) is 2. The second-order valence-corrected chi connectivity index (χ2v) is 4.31. The summed E-state index contributed by atoms with van der Waals surface area (Å²) in [6.45, 7) is 0. The molecule has 0 aliphatic rings. The number of anilines is 1. The van der Waals surface area contributed by atoms with E-state index in [-0.39, 0.29) is 11.8 Å². The van der Waals surface area contributed by atoms with Gasteiger partial charge in [-0.3, -0.25) is 4.79 Å². The number of rotatable bonds is 4. The smallest absolute Gasteiger partial charge is 0.225 e. The second-order valence-electron chi connectivity index (χ2n) is 4.31. The first-order chi connectivity index (χ1) is 8.66. The van der Waals surface area contributed by atoms with Crippen LogP contribution in [0.4, 0.5) is 5.69 Å². The SMILES string of the molecule is NC(=O)C(Cc1ccccc1)c1cccc(N)c1. The van der Waals surface area contributed by atoms with Gasteiger partial charge in [-0.25, -0.2) is 0 Å². The lowest BCUT2D eigenvalue weighted by molar-refractivity contribution is -0.119. The average molecular weight is 240 g/mol. The Bertz CT molecular complexity index is 537. The van der Waals surface area contributed by atoms with Crippen LogP contribution in [0.1, 0.15) is 17.0 Å². The van der Waals surface area contributed by atoms with Gasteiger partial charge in [0.25, 0.3) is 0 Å². The van der Waals surface area contributed by atoms with Crippen molar-refractivity contribution in [2.24, 2.45) is 5.73 Å². The van der Waals surface area contributed by atoms with E-state index in [9.17, 15) is 4.79 Å². The molecule has 0 radical (unpaired) electrons. The number of primary amides is 1. The molecule has 0 saturated heterocycles.